The third-order valence-corrected chi connectivity index (χ3v) is 4.82. The number of nitrogens with zero attached hydrogens (tertiary/aromatic N) is 2. The van der Waals surface area contributed by atoms with Crippen molar-refractivity contribution in [3.8, 4) is 5.75 Å². The summed E-state index contributed by atoms with van der Waals surface area (Å²) in [4.78, 5) is 40.4. The first kappa shape index (κ1) is 18.5. The van der Waals surface area contributed by atoms with Gasteiger partial charge in [0.05, 0.1) is 6.54 Å². The molecule has 2 fully saturated rings. The van der Waals surface area contributed by atoms with Crippen LogP contribution in [0.2, 0.25) is 5.02 Å². The van der Waals surface area contributed by atoms with Crippen molar-refractivity contribution < 1.29 is 19.1 Å². The lowest BCUT2D eigenvalue weighted by molar-refractivity contribution is -0.152. The molecule has 2 aliphatic heterocycles. The Morgan fingerprint density at radius 2 is 1.96 bits per heavy atom. The molecule has 0 aliphatic carbocycles. The second-order valence-corrected chi connectivity index (χ2v) is 7.44. The van der Waals surface area contributed by atoms with Crippen molar-refractivity contribution in [1.82, 2.24) is 15.1 Å². The van der Waals surface area contributed by atoms with E-state index in [2.05, 4.69) is 5.32 Å². The normalized spacial score (nSPS) is 22.9. The Labute approximate surface area is 157 Å². The number of hydrogen-bond donors (Lipinski definition) is 1. The van der Waals surface area contributed by atoms with Crippen LogP contribution in [0.4, 0.5) is 4.79 Å². The Morgan fingerprint density at radius 3 is 2.62 bits per heavy atom. The van der Waals surface area contributed by atoms with Crippen LogP contribution in [0.25, 0.3) is 0 Å². The fraction of sp³-hybridized carbons (Fsp3) is 0.500. The van der Waals surface area contributed by atoms with Gasteiger partial charge in [0.2, 0.25) is 11.8 Å². The van der Waals surface area contributed by atoms with E-state index in [0.717, 1.165) is 0 Å². The van der Waals surface area contributed by atoms with Gasteiger partial charge in [-0.15, -0.1) is 0 Å². The summed E-state index contributed by atoms with van der Waals surface area (Å²) < 4.78 is 5.32. The molecule has 1 N–H and O–H groups in total. The topological polar surface area (TPSA) is 79.0 Å². The van der Waals surface area contributed by atoms with E-state index in [1.165, 1.54) is 4.90 Å². The van der Waals surface area contributed by atoms with Crippen LogP contribution in [0.15, 0.2) is 24.3 Å². The van der Waals surface area contributed by atoms with Gasteiger partial charge in [0, 0.05) is 18.1 Å². The minimum absolute atomic E-state index is 0.0750. The predicted octanol–water partition coefficient (Wildman–Crippen LogP) is 1.90. The first-order valence-corrected chi connectivity index (χ1v) is 9.06. The van der Waals surface area contributed by atoms with Gasteiger partial charge in [-0.3, -0.25) is 9.59 Å². The fourth-order valence-corrected chi connectivity index (χ4v) is 3.39. The number of carbonyl (C=O) groups excluding carboxylic acids is 3. The van der Waals surface area contributed by atoms with Crippen molar-refractivity contribution in [3.63, 3.8) is 0 Å². The zero-order chi connectivity index (χ0) is 18.8. The van der Waals surface area contributed by atoms with Gasteiger partial charge in [0.15, 0.2) is 0 Å². The number of amides is 3. The number of piperazine rings is 2. The summed E-state index contributed by atoms with van der Waals surface area (Å²) in [6.45, 7) is 4.79. The number of nitrogens with one attached hydrogen (secondary N) is 1. The van der Waals surface area contributed by atoms with E-state index in [4.69, 9.17) is 16.3 Å². The summed E-state index contributed by atoms with van der Waals surface area (Å²) in [7, 11) is 0. The summed E-state index contributed by atoms with van der Waals surface area (Å²) in [6.07, 6.45) is 0.0624. The van der Waals surface area contributed by atoms with E-state index >= 15 is 0 Å². The average Bonchev–Trinajstić information content (AvgIpc) is 2.60. The predicted molar refractivity (Wildman–Crippen MR) is 95.9 cm³/mol. The van der Waals surface area contributed by atoms with E-state index in [-0.39, 0.29) is 18.4 Å². The number of fused-ring (bicyclic) bond motifs is 1. The molecule has 1 aromatic rings. The maximum Gasteiger partial charge on any atom is 0.415 e. The van der Waals surface area contributed by atoms with Gasteiger partial charge in [0.1, 0.15) is 17.8 Å². The lowest BCUT2D eigenvalue weighted by Crippen LogP contribution is -2.69. The van der Waals surface area contributed by atoms with Crippen LogP contribution in [0.3, 0.4) is 0 Å². The molecule has 140 valence electrons. The van der Waals surface area contributed by atoms with Gasteiger partial charge >= 0.3 is 6.09 Å². The third kappa shape index (κ3) is 3.93. The largest absolute Gasteiger partial charge is 0.415 e. The van der Waals surface area contributed by atoms with Crippen LogP contribution < -0.4 is 10.1 Å². The van der Waals surface area contributed by atoms with Crippen LogP contribution >= 0.6 is 11.6 Å². The summed E-state index contributed by atoms with van der Waals surface area (Å²) >= 11 is 5.81. The highest BCUT2D eigenvalue weighted by Crippen LogP contribution is 2.21. The molecule has 0 radical (unpaired) electrons. The smallest absolute Gasteiger partial charge is 0.410 e. The van der Waals surface area contributed by atoms with E-state index in [1.54, 1.807) is 29.2 Å². The van der Waals surface area contributed by atoms with Crippen LogP contribution in [0, 0.1) is 5.92 Å². The number of rotatable bonds is 3. The van der Waals surface area contributed by atoms with Gasteiger partial charge in [0.25, 0.3) is 0 Å². The van der Waals surface area contributed by atoms with Crippen LogP contribution in [-0.2, 0) is 9.59 Å². The van der Waals surface area contributed by atoms with Gasteiger partial charge in [-0.1, -0.05) is 25.4 Å². The average molecular weight is 380 g/mol. The molecule has 0 saturated carbocycles. The van der Waals surface area contributed by atoms with Crippen LogP contribution in [0.5, 0.6) is 5.75 Å². The standard InChI is InChI=1S/C18H22ClN3O4/c1-11(2)9-14-17(24)22-8-7-21(10-15(22)16(23)20-14)18(25)26-13-5-3-12(19)4-6-13/h3-6,11,14-15H,7-10H2,1-2H3,(H,20,23)/t14-,15+/m0/s1. The molecule has 8 heteroatoms. The Balaban J connectivity index is 1.64. The molecular formula is C18H22ClN3O4. The Morgan fingerprint density at radius 1 is 1.27 bits per heavy atom. The van der Waals surface area contributed by atoms with E-state index in [0.29, 0.717) is 36.2 Å². The van der Waals surface area contributed by atoms with Crippen molar-refractivity contribution >= 4 is 29.5 Å². The molecule has 2 aliphatic rings. The van der Waals surface area contributed by atoms with Gasteiger partial charge < -0.3 is 19.9 Å². The first-order chi connectivity index (χ1) is 12.3. The minimum Gasteiger partial charge on any atom is -0.410 e. The summed E-state index contributed by atoms with van der Waals surface area (Å²) in [5.74, 6) is 0.382. The van der Waals surface area contributed by atoms with Crippen LogP contribution in [-0.4, -0.2) is 59.4 Å². The number of ether oxygens (including phenoxy) is 1. The zero-order valence-electron chi connectivity index (χ0n) is 14.8. The van der Waals surface area contributed by atoms with E-state index < -0.39 is 18.2 Å². The molecule has 2 atom stereocenters. The SMILES string of the molecule is CC(C)C[C@@H]1NC(=O)[C@H]2CN(C(=O)Oc3ccc(Cl)cc3)CCN2C1=O. The van der Waals surface area contributed by atoms with E-state index in [9.17, 15) is 14.4 Å². The summed E-state index contributed by atoms with van der Waals surface area (Å²) in [5, 5.41) is 3.34. The maximum atomic E-state index is 12.6. The summed E-state index contributed by atoms with van der Waals surface area (Å²) in [5.41, 5.74) is 0. The number of halogens is 1. The molecule has 0 aromatic heterocycles. The van der Waals surface area contributed by atoms with Gasteiger partial charge in [-0.05, 0) is 36.6 Å². The first-order valence-electron chi connectivity index (χ1n) is 8.68. The van der Waals surface area contributed by atoms with Crippen molar-refractivity contribution in [2.24, 2.45) is 5.92 Å². The molecule has 26 heavy (non-hydrogen) atoms. The second-order valence-electron chi connectivity index (χ2n) is 7.01. The highest BCUT2D eigenvalue weighted by atomic mass is 35.5. The molecule has 0 unspecified atom stereocenters. The van der Waals surface area contributed by atoms with Gasteiger partial charge in [-0.2, -0.15) is 0 Å². The molecule has 7 nitrogen and oxygen atoms in total. The van der Waals surface area contributed by atoms with Crippen molar-refractivity contribution in [3.05, 3.63) is 29.3 Å². The highest BCUT2D eigenvalue weighted by Gasteiger charge is 2.44. The second kappa shape index (κ2) is 7.53. The Hall–Kier alpha value is -2.28. The van der Waals surface area contributed by atoms with Gasteiger partial charge in [-0.25, -0.2) is 4.79 Å². The van der Waals surface area contributed by atoms with Crippen LogP contribution in [0.1, 0.15) is 20.3 Å². The van der Waals surface area contributed by atoms with Crippen molar-refractivity contribution in [2.75, 3.05) is 19.6 Å². The maximum absolute atomic E-state index is 12.6. The Kier molecular flexibility index (Phi) is 5.36. The number of hydrogen-bond acceptors (Lipinski definition) is 4. The highest BCUT2D eigenvalue weighted by molar-refractivity contribution is 6.30. The van der Waals surface area contributed by atoms with E-state index in [1.807, 2.05) is 13.8 Å². The fourth-order valence-electron chi connectivity index (χ4n) is 3.27. The molecule has 3 amide bonds. The molecule has 3 rings (SSSR count). The number of carbonyl (C=O) groups is 3. The third-order valence-electron chi connectivity index (χ3n) is 4.56. The molecule has 2 saturated heterocycles. The molecular weight excluding hydrogens is 358 g/mol. The Bertz CT molecular complexity index is 707. The van der Waals surface area contributed by atoms with Crippen molar-refractivity contribution in [2.45, 2.75) is 32.4 Å². The lowest BCUT2D eigenvalue weighted by atomic mass is 9.97. The zero-order valence-corrected chi connectivity index (χ0v) is 15.5. The molecule has 1 aromatic carbocycles. The quantitative estimate of drug-likeness (QED) is 0.869. The van der Waals surface area contributed by atoms with Crippen molar-refractivity contribution in [1.29, 1.82) is 0 Å². The monoisotopic (exact) mass is 379 g/mol. The molecule has 0 spiro atoms. The molecule has 2 heterocycles. The lowest BCUT2D eigenvalue weighted by Gasteiger charge is -2.45. The molecule has 0 bridgehead atoms. The minimum atomic E-state index is -0.669. The summed E-state index contributed by atoms with van der Waals surface area (Å²) in [6, 6.07) is 5.31. The number of benzene rings is 1.